The van der Waals surface area contributed by atoms with Crippen molar-refractivity contribution in [3.8, 4) is 5.75 Å². The predicted molar refractivity (Wildman–Crippen MR) is 132 cm³/mol. The van der Waals surface area contributed by atoms with Gasteiger partial charge in [0.1, 0.15) is 22.0 Å². The van der Waals surface area contributed by atoms with Crippen molar-refractivity contribution in [2.75, 3.05) is 12.8 Å². The second kappa shape index (κ2) is 8.44. The molecule has 0 aliphatic heterocycles. The molecule has 170 valence electrons. The van der Waals surface area contributed by atoms with Gasteiger partial charge in [0.15, 0.2) is 5.65 Å². The fraction of sp³-hybridized carbons (Fsp3) is 0.0417. The van der Waals surface area contributed by atoms with Gasteiger partial charge in [-0.25, -0.2) is 18.4 Å². The van der Waals surface area contributed by atoms with Crippen molar-refractivity contribution in [3.05, 3.63) is 83.4 Å². The van der Waals surface area contributed by atoms with Gasteiger partial charge in [-0.3, -0.25) is 0 Å². The molecule has 0 saturated heterocycles. The maximum absolute atomic E-state index is 13.7. The summed E-state index contributed by atoms with van der Waals surface area (Å²) in [6.45, 7) is 0. The number of nitrogens with zero attached hydrogens (tertiary/aromatic N) is 4. The van der Waals surface area contributed by atoms with Crippen molar-refractivity contribution >= 4 is 55.7 Å². The van der Waals surface area contributed by atoms with Crippen LogP contribution in [-0.4, -0.2) is 36.4 Å². The summed E-state index contributed by atoms with van der Waals surface area (Å²) in [7, 11) is -2.54. The number of benzene rings is 3. The minimum absolute atomic E-state index is 0.0516. The molecule has 0 aliphatic carbocycles. The molecule has 0 atom stereocenters. The van der Waals surface area contributed by atoms with E-state index in [-0.39, 0.29) is 26.8 Å². The molecule has 0 amide bonds. The van der Waals surface area contributed by atoms with Crippen molar-refractivity contribution in [2.24, 2.45) is 5.10 Å². The second-order valence-corrected chi connectivity index (χ2v) is 9.71. The van der Waals surface area contributed by atoms with E-state index in [1.807, 2.05) is 6.07 Å². The number of sulfone groups is 1. The van der Waals surface area contributed by atoms with Crippen LogP contribution < -0.4 is 10.5 Å². The number of nitrogens with two attached hydrogens (primary N) is 1. The average molecular weight is 492 g/mol. The molecule has 0 fully saturated rings. The standard InChI is InChI=1S/C24H18ClN5O3S/c1-33-17-10-12-18(13-11-17)34(31,32)22-21-24(29-20-5-3-2-4-19(20)28-21)30(23(22)26)27-14-15-6-8-16(25)9-7-15/h2-14H,26H2,1H3/b27-14+. The van der Waals surface area contributed by atoms with Gasteiger partial charge in [-0.15, -0.1) is 0 Å². The first-order valence-electron chi connectivity index (χ1n) is 10.1. The smallest absolute Gasteiger partial charge is 0.212 e. The van der Waals surface area contributed by atoms with Gasteiger partial charge in [0, 0.05) is 5.02 Å². The Hall–Kier alpha value is -3.95. The third-order valence-corrected chi connectivity index (χ3v) is 7.34. The molecular formula is C24H18ClN5O3S. The molecular weight excluding hydrogens is 474 g/mol. The van der Waals surface area contributed by atoms with E-state index in [0.717, 1.165) is 5.56 Å². The topological polar surface area (TPSA) is 112 Å². The lowest BCUT2D eigenvalue weighted by Crippen LogP contribution is -2.06. The largest absolute Gasteiger partial charge is 0.497 e. The lowest BCUT2D eigenvalue weighted by Gasteiger charge is -2.06. The SMILES string of the molecule is COc1ccc(S(=O)(=O)c2c(N)n(/N=C/c3ccc(Cl)cc3)c3nc4ccccc4nc23)cc1. The van der Waals surface area contributed by atoms with Crippen LogP contribution >= 0.6 is 11.6 Å². The van der Waals surface area contributed by atoms with Crippen LogP contribution in [0.15, 0.2) is 87.7 Å². The average Bonchev–Trinajstić information content (AvgIpc) is 3.12. The van der Waals surface area contributed by atoms with Crippen molar-refractivity contribution in [1.82, 2.24) is 14.6 Å². The zero-order valence-electron chi connectivity index (χ0n) is 17.9. The minimum atomic E-state index is -4.05. The third kappa shape index (κ3) is 3.74. The number of fused-ring (bicyclic) bond motifs is 2. The molecule has 3 aromatic carbocycles. The summed E-state index contributed by atoms with van der Waals surface area (Å²) in [4.78, 5) is 9.11. The van der Waals surface area contributed by atoms with Crippen molar-refractivity contribution in [3.63, 3.8) is 0 Å². The highest BCUT2D eigenvalue weighted by atomic mass is 35.5. The molecule has 0 radical (unpaired) electrons. The van der Waals surface area contributed by atoms with Gasteiger partial charge in [0.2, 0.25) is 9.84 Å². The molecule has 0 unspecified atom stereocenters. The molecule has 0 aliphatic rings. The Morgan fingerprint density at radius 3 is 2.26 bits per heavy atom. The van der Waals surface area contributed by atoms with E-state index < -0.39 is 9.84 Å². The highest BCUT2D eigenvalue weighted by molar-refractivity contribution is 7.92. The summed E-state index contributed by atoms with van der Waals surface area (Å²) < 4.78 is 33.8. The zero-order valence-corrected chi connectivity index (χ0v) is 19.5. The predicted octanol–water partition coefficient (Wildman–Crippen LogP) is 4.54. The van der Waals surface area contributed by atoms with Gasteiger partial charge in [0.25, 0.3) is 0 Å². The fourth-order valence-corrected chi connectivity index (χ4v) is 5.16. The van der Waals surface area contributed by atoms with Crippen LogP contribution in [0.25, 0.3) is 22.2 Å². The summed E-state index contributed by atoms with van der Waals surface area (Å²) in [6, 6.07) is 20.3. The molecule has 8 nitrogen and oxygen atoms in total. The number of nitrogen functional groups attached to an aromatic ring is 1. The van der Waals surface area contributed by atoms with Gasteiger partial charge in [-0.1, -0.05) is 35.9 Å². The Morgan fingerprint density at radius 2 is 1.62 bits per heavy atom. The molecule has 34 heavy (non-hydrogen) atoms. The minimum Gasteiger partial charge on any atom is -0.497 e. The van der Waals surface area contributed by atoms with Crippen LogP contribution in [0.3, 0.4) is 0 Å². The number of aromatic nitrogens is 3. The van der Waals surface area contributed by atoms with Crippen molar-refractivity contribution < 1.29 is 13.2 Å². The van der Waals surface area contributed by atoms with Crippen molar-refractivity contribution in [1.29, 1.82) is 0 Å². The number of methoxy groups -OCH3 is 1. The first-order chi connectivity index (χ1) is 16.4. The van der Waals surface area contributed by atoms with Crippen molar-refractivity contribution in [2.45, 2.75) is 9.79 Å². The van der Waals surface area contributed by atoms with Crippen LogP contribution in [0.4, 0.5) is 5.82 Å². The summed E-state index contributed by atoms with van der Waals surface area (Å²) in [5, 5.41) is 5.02. The molecule has 2 N–H and O–H groups in total. The quantitative estimate of drug-likeness (QED) is 0.361. The molecule has 0 bridgehead atoms. The van der Waals surface area contributed by atoms with E-state index >= 15 is 0 Å². The summed E-state index contributed by atoms with van der Waals surface area (Å²) in [5.41, 5.74) is 8.64. The van der Waals surface area contributed by atoms with Crippen LogP contribution in [0.2, 0.25) is 5.02 Å². The Morgan fingerprint density at radius 1 is 0.971 bits per heavy atom. The fourth-order valence-electron chi connectivity index (χ4n) is 3.55. The molecule has 2 heterocycles. The normalized spacial score (nSPS) is 12.1. The number of hydrogen-bond donors (Lipinski definition) is 1. The molecule has 0 spiro atoms. The molecule has 5 rings (SSSR count). The Kier molecular flexibility index (Phi) is 5.43. The van der Waals surface area contributed by atoms with E-state index in [0.29, 0.717) is 21.8 Å². The van der Waals surface area contributed by atoms with E-state index in [1.54, 1.807) is 60.8 Å². The van der Waals surface area contributed by atoms with Gasteiger partial charge in [-0.05, 0) is 54.1 Å². The lowest BCUT2D eigenvalue weighted by molar-refractivity contribution is 0.414. The Balaban J connectivity index is 1.76. The monoisotopic (exact) mass is 491 g/mol. The first kappa shape index (κ1) is 21.9. The number of hydrogen-bond acceptors (Lipinski definition) is 7. The lowest BCUT2D eigenvalue weighted by atomic mass is 10.2. The van der Waals surface area contributed by atoms with E-state index in [9.17, 15) is 8.42 Å². The number of anilines is 1. The number of para-hydroxylation sites is 2. The van der Waals surface area contributed by atoms with Crippen LogP contribution in [0.1, 0.15) is 5.56 Å². The van der Waals surface area contributed by atoms with Crippen LogP contribution in [-0.2, 0) is 9.84 Å². The van der Waals surface area contributed by atoms with Gasteiger partial charge in [-0.2, -0.15) is 9.78 Å². The van der Waals surface area contributed by atoms with E-state index in [2.05, 4.69) is 15.1 Å². The summed E-state index contributed by atoms with van der Waals surface area (Å²) in [6.07, 6.45) is 1.55. The Labute approximate surface area is 200 Å². The highest BCUT2D eigenvalue weighted by Crippen LogP contribution is 2.35. The summed E-state index contributed by atoms with van der Waals surface area (Å²) >= 11 is 5.96. The number of halogens is 1. The molecule has 10 heteroatoms. The number of rotatable bonds is 5. The molecule has 5 aromatic rings. The van der Waals surface area contributed by atoms with Crippen LogP contribution in [0.5, 0.6) is 5.75 Å². The number of ether oxygens (including phenoxy) is 1. The maximum atomic E-state index is 13.7. The van der Waals surface area contributed by atoms with Gasteiger partial charge < -0.3 is 10.5 Å². The van der Waals surface area contributed by atoms with Gasteiger partial charge >= 0.3 is 0 Å². The van der Waals surface area contributed by atoms with Crippen LogP contribution in [0, 0.1) is 0 Å². The van der Waals surface area contributed by atoms with Gasteiger partial charge in [0.05, 0.1) is 29.3 Å². The van der Waals surface area contributed by atoms with E-state index in [1.165, 1.54) is 23.9 Å². The highest BCUT2D eigenvalue weighted by Gasteiger charge is 2.30. The first-order valence-corrected chi connectivity index (χ1v) is 12.0. The summed E-state index contributed by atoms with van der Waals surface area (Å²) in [5.74, 6) is 0.444. The molecule has 2 aromatic heterocycles. The Bertz CT molecular complexity index is 1660. The maximum Gasteiger partial charge on any atom is 0.212 e. The third-order valence-electron chi connectivity index (χ3n) is 5.26. The second-order valence-electron chi connectivity index (χ2n) is 7.39. The molecule has 0 saturated carbocycles. The zero-order chi connectivity index (χ0) is 23.9. The van der Waals surface area contributed by atoms with E-state index in [4.69, 9.17) is 22.1 Å².